The molecule has 1 N–H and O–H groups in total. The largest absolute Gasteiger partial charge is 0.489 e. The maximum Gasteiger partial charge on any atom is 0.241 e. The Hall–Kier alpha value is -3.53. The first-order chi connectivity index (χ1) is 15.0. The van der Waals surface area contributed by atoms with Crippen LogP contribution in [0.4, 0.5) is 5.69 Å². The molecule has 156 valence electrons. The van der Waals surface area contributed by atoms with Gasteiger partial charge >= 0.3 is 0 Å². The van der Waals surface area contributed by atoms with Gasteiger partial charge in [0, 0.05) is 11.1 Å². The molecule has 3 aromatic carbocycles. The van der Waals surface area contributed by atoms with Crippen LogP contribution >= 0.6 is 0 Å². The highest BCUT2D eigenvalue weighted by molar-refractivity contribution is 5.91. The van der Waals surface area contributed by atoms with E-state index in [0.717, 1.165) is 22.6 Å². The third kappa shape index (κ3) is 3.19. The fourth-order valence-electron chi connectivity index (χ4n) is 4.81. The van der Waals surface area contributed by atoms with Gasteiger partial charge in [-0.2, -0.15) is 0 Å². The van der Waals surface area contributed by atoms with Gasteiger partial charge in [0.25, 0.3) is 0 Å². The van der Waals surface area contributed by atoms with Crippen molar-refractivity contribution in [2.45, 2.75) is 31.5 Å². The second kappa shape index (κ2) is 7.31. The minimum atomic E-state index is -0.589. The van der Waals surface area contributed by atoms with Crippen LogP contribution in [-0.4, -0.2) is 18.1 Å². The van der Waals surface area contributed by atoms with E-state index in [1.165, 1.54) is 5.56 Å². The van der Waals surface area contributed by atoms with Gasteiger partial charge in [0.1, 0.15) is 18.0 Å². The van der Waals surface area contributed by atoms with Crippen LogP contribution in [0.15, 0.2) is 84.9 Å². The van der Waals surface area contributed by atoms with Crippen LogP contribution in [0.1, 0.15) is 30.5 Å². The average Bonchev–Trinajstić information content (AvgIpc) is 3.22. The molecule has 0 aromatic heterocycles. The van der Waals surface area contributed by atoms with Gasteiger partial charge in [-0.05, 0) is 41.0 Å². The molecule has 31 heavy (non-hydrogen) atoms. The summed E-state index contributed by atoms with van der Waals surface area (Å²) in [5, 5.41) is 3.27. The third-order valence-electron chi connectivity index (χ3n) is 6.50. The van der Waals surface area contributed by atoms with Gasteiger partial charge in [-0.3, -0.25) is 4.79 Å². The Balaban J connectivity index is 1.43. The molecule has 0 spiro atoms. The van der Waals surface area contributed by atoms with Crippen molar-refractivity contribution in [3.8, 4) is 5.75 Å². The normalized spacial score (nSPS) is 21.1. The van der Waals surface area contributed by atoms with E-state index in [1.807, 2.05) is 42.5 Å². The summed E-state index contributed by atoms with van der Waals surface area (Å²) in [6.45, 7) is 5.29. The van der Waals surface area contributed by atoms with E-state index in [0.29, 0.717) is 13.2 Å². The smallest absolute Gasteiger partial charge is 0.241 e. The number of ether oxygens (including phenoxy) is 1. The van der Waals surface area contributed by atoms with E-state index in [9.17, 15) is 4.79 Å². The van der Waals surface area contributed by atoms with Crippen molar-refractivity contribution >= 4 is 17.7 Å². The second-order valence-corrected chi connectivity index (χ2v) is 8.72. The van der Waals surface area contributed by atoms with Gasteiger partial charge < -0.3 is 15.0 Å². The van der Waals surface area contributed by atoms with Crippen molar-refractivity contribution < 1.29 is 9.53 Å². The quantitative estimate of drug-likeness (QED) is 0.650. The Kier molecular flexibility index (Phi) is 4.58. The minimum absolute atomic E-state index is 0.0483. The monoisotopic (exact) mass is 410 g/mol. The van der Waals surface area contributed by atoms with Crippen LogP contribution in [0.3, 0.4) is 0 Å². The molecule has 0 aliphatic carbocycles. The maximum atomic E-state index is 12.4. The number of fused-ring (bicyclic) bond motifs is 3. The molecule has 1 fully saturated rings. The van der Waals surface area contributed by atoms with E-state index in [1.54, 1.807) is 0 Å². The fourth-order valence-corrected chi connectivity index (χ4v) is 4.81. The minimum Gasteiger partial charge on any atom is -0.489 e. The maximum absolute atomic E-state index is 12.4. The number of carbonyl (C=O) groups is 1. The summed E-state index contributed by atoms with van der Waals surface area (Å²) in [7, 11) is 0. The molecular weight excluding hydrogens is 384 g/mol. The van der Waals surface area contributed by atoms with Gasteiger partial charge in [-0.1, -0.05) is 80.6 Å². The molecule has 0 bridgehead atoms. The van der Waals surface area contributed by atoms with Gasteiger partial charge in [-0.25, -0.2) is 0 Å². The Labute approximate surface area is 183 Å². The molecule has 4 heteroatoms. The van der Waals surface area contributed by atoms with E-state index in [4.69, 9.17) is 4.74 Å². The molecular formula is C27H26N2O2. The predicted octanol–water partition coefficient (Wildman–Crippen LogP) is 4.90. The molecule has 1 unspecified atom stereocenters. The Morgan fingerprint density at radius 1 is 1.00 bits per heavy atom. The zero-order valence-electron chi connectivity index (χ0n) is 17.8. The van der Waals surface area contributed by atoms with Crippen molar-refractivity contribution in [1.82, 2.24) is 5.32 Å². The summed E-state index contributed by atoms with van der Waals surface area (Å²) < 4.78 is 5.98. The lowest BCUT2D eigenvalue weighted by Gasteiger charge is -2.40. The van der Waals surface area contributed by atoms with Crippen molar-refractivity contribution in [3.63, 3.8) is 0 Å². The number of hydrogen-bond donors (Lipinski definition) is 1. The van der Waals surface area contributed by atoms with Crippen molar-refractivity contribution in [2.24, 2.45) is 0 Å². The number of nitrogens with one attached hydrogen (secondary N) is 1. The van der Waals surface area contributed by atoms with Crippen LogP contribution in [-0.2, 0) is 16.8 Å². The van der Waals surface area contributed by atoms with Crippen LogP contribution in [0.25, 0.3) is 6.08 Å². The number of anilines is 1. The SMILES string of the molecule is CC1(C)c2ccccc2N2CC(=O)NC21/C=C/c1cccc(OCc2ccccc2)c1. The summed E-state index contributed by atoms with van der Waals surface area (Å²) in [6.07, 6.45) is 4.22. The number of rotatable bonds is 5. The molecule has 1 amide bonds. The number of para-hydroxylation sites is 1. The molecule has 0 radical (unpaired) electrons. The highest BCUT2D eigenvalue weighted by atomic mass is 16.5. The molecule has 2 heterocycles. The van der Waals surface area contributed by atoms with Gasteiger partial charge in [0.15, 0.2) is 0 Å². The molecule has 5 rings (SSSR count). The average molecular weight is 411 g/mol. The lowest BCUT2D eigenvalue weighted by atomic mass is 9.75. The Morgan fingerprint density at radius 2 is 1.77 bits per heavy atom. The van der Waals surface area contributed by atoms with Crippen LogP contribution in [0.2, 0.25) is 0 Å². The molecule has 1 atom stereocenters. The van der Waals surface area contributed by atoms with Crippen molar-refractivity contribution in [1.29, 1.82) is 0 Å². The first-order valence-corrected chi connectivity index (χ1v) is 10.6. The topological polar surface area (TPSA) is 41.6 Å². The number of benzene rings is 3. The van der Waals surface area contributed by atoms with Gasteiger partial charge in [0.2, 0.25) is 5.91 Å². The lowest BCUT2D eigenvalue weighted by Crippen LogP contribution is -2.58. The Bertz CT molecular complexity index is 1150. The van der Waals surface area contributed by atoms with E-state index >= 15 is 0 Å². The number of hydrogen-bond acceptors (Lipinski definition) is 3. The summed E-state index contributed by atoms with van der Waals surface area (Å²) in [5.74, 6) is 0.872. The van der Waals surface area contributed by atoms with Crippen LogP contribution in [0, 0.1) is 0 Å². The number of nitrogens with zero attached hydrogens (tertiary/aromatic N) is 1. The molecule has 2 aliphatic rings. The van der Waals surface area contributed by atoms with Crippen LogP contribution in [0.5, 0.6) is 5.75 Å². The lowest BCUT2D eigenvalue weighted by molar-refractivity contribution is -0.118. The van der Waals surface area contributed by atoms with E-state index in [2.05, 4.69) is 72.6 Å². The predicted molar refractivity (Wildman–Crippen MR) is 124 cm³/mol. The molecule has 2 aliphatic heterocycles. The first-order valence-electron chi connectivity index (χ1n) is 10.6. The Morgan fingerprint density at radius 3 is 2.61 bits per heavy atom. The van der Waals surface area contributed by atoms with Gasteiger partial charge in [-0.15, -0.1) is 0 Å². The summed E-state index contributed by atoms with van der Waals surface area (Å²) >= 11 is 0. The zero-order valence-corrected chi connectivity index (χ0v) is 17.8. The highest BCUT2D eigenvalue weighted by Gasteiger charge is 2.59. The van der Waals surface area contributed by atoms with Crippen molar-refractivity contribution in [3.05, 3.63) is 102 Å². The van der Waals surface area contributed by atoms with Crippen LogP contribution < -0.4 is 15.0 Å². The summed E-state index contributed by atoms with van der Waals surface area (Å²) in [4.78, 5) is 14.6. The summed E-state index contributed by atoms with van der Waals surface area (Å²) in [6, 6.07) is 26.6. The number of amides is 1. The molecule has 1 saturated heterocycles. The standard InChI is InChI=1S/C27H26N2O2/c1-26(2)23-13-6-7-14-24(23)29-18-25(30)28-27(26,29)16-15-20-11-8-12-22(17-20)31-19-21-9-4-3-5-10-21/h3-17H,18-19H2,1-2H3,(H,28,30)/b16-15+. The molecule has 4 nitrogen and oxygen atoms in total. The van der Waals surface area contributed by atoms with Crippen molar-refractivity contribution in [2.75, 3.05) is 11.4 Å². The zero-order chi connectivity index (χ0) is 21.5. The van der Waals surface area contributed by atoms with E-state index in [-0.39, 0.29) is 11.3 Å². The fraction of sp³-hybridized carbons (Fsp3) is 0.222. The van der Waals surface area contributed by atoms with E-state index < -0.39 is 5.66 Å². The van der Waals surface area contributed by atoms with Gasteiger partial charge in [0.05, 0.1) is 6.54 Å². The molecule has 0 saturated carbocycles. The first kappa shape index (κ1) is 19.4. The molecule has 3 aromatic rings. The third-order valence-corrected chi connectivity index (χ3v) is 6.50. The highest BCUT2D eigenvalue weighted by Crippen LogP contribution is 2.52. The number of carbonyl (C=O) groups excluding carboxylic acids is 1. The summed E-state index contributed by atoms with van der Waals surface area (Å²) in [5.41, 5.74) is 3.68. The second-order valence-electron chi connectivity index (χ2n) is 8.72.